The topological polar surface area (TPSA) is 33.1 Å². The molecule has 0 bridgehead atoms. The van der Waals surface area contributed by atoms with Crippen LogP contribution in [0.25, 0.3) is 0 Å². The van der Waals surface area contributed by atoms with Gasteiger partial charge in [0.15, 0.2) is 0 Å². The Hall–Kier alpha value is -1.68. The van der Waals surface area contributed by atoms with Gasteiger partial charge in [-0.2, -0.15) is 5.10 Å². The van der Waals surface area contributed by atoms with Crippen molar-refractivity contribution in [3.63, 3.8) is 0 Å². The van der Waals surface area contributed by atoms with Crippen LogP contribution >= 0.6 is 11.6 Å². The van der Waals surface area contributed by atoms with Gasteiger partial charge in [-0.1, -0.05) is 18.0 Å². The van der Waals surface area contributed by atoms with Crippen LogP contribution in [-0.2, 0) is 6.54 Å². The highest BCUT2D eigenvalue weighted by molar-refractivity contribution is 6.31. The maximum atomic E-state index is 6.10. The number of hydrogen-bond donors (Lipinski definition) is 1. The number of benzene rings is 1. The quantitative estimate of drug-likeness (QED) is 0.931. The van der Waals surface area contributed by atoms with Gasteiger partial charge in [-0.25, -0.2) is 0 Å². The van der Waals surface area contributed by atoms with Crippen LogP contribution in [0, 0.1) is 5.92 Å². The molecule has 2 heterocycles. The zero-order valence-corrected chi connectivity index (χ0v) is 12.0. The van der Waals surface area contributed by atoms with E-state index in [4.69, 9.17) is 11.6 Å². The number of halogens is 1. The minimum atomic E-state index is 0.763. The lowest BCUT2D eigenvalue weighted by molar-refractivity contribution is 0.266. The summed E-state index contributed by atoms with van der Waals surface area (Å²) in [6.07, 6.45) is 8.14. The standard InChI is InChI=1S/C15H17ClN4/c16-12-4-5-14-15(6-12)20(10-17-14)13-7-18-19(9-13)8-11-2-1-3-11/h4-7,9,11,17H,1-3,8,10H2. The predicted octanol–water partition coefficient (Wildman–Crippen LogP) is 3.86. The Morgan fingerprint density at radius 1 is 1.35 bits per heavy atom. The molecule has 0 unspecified atom stereocenters. The van der Waals surface area contributed by atoms with Crippen LogP contribution < -0.4 is 10.2 Å². The van der Waals surface area contributed by atoms with Crippen LogP contribution in [0.1, 0.15) is 19.3 Å². The number of nitrogens with zero attached hydrogens (tertiary/aromatic N) is 3. The number of nitrogens with one attached hydrogen (secondary N) is 1. The molecule has 4 nitrogen and oxygen atoms in total. The molecule has 104 valence electrons. The van der Waals surface area contributed by atoms with E-state index in [1.54, 1.807) is 0 Å². The van der Waals surface area contributed by atoms with Gasteiger partial charge in [0.1, 0.15) is 0 Å². The van der Waals surface area contributed by atoms with E-state index in [-0.39, 0.29) is 0 Å². The molecular formula is C15H17ClN4. The smallest absolute Gasteiger partial charge is 0.0928 e. The van der Waals surface area contributed by atoms with Crippen LogP contribution in [0.4, 0.5) is 17.1 Å². The van der Waals surface area contributed by atoms with Crippen LogP contribution in [-0.4, -0.2) is 16.4 Å². The fourth-order valence-corrected chi connectivity index (χ4v) is 3.06. The lowest BCUT2D eigenvalue weighted by Crippen LogP contribution is -2.18. The van der Waals surface area contributed by atoms with Crippen molar-refractivity contribution in [1.29, 1.82) is 0 Å². The van der Waals surface area contributed by atoms with Crippen LogP contribution in [0.5, 0.6) is 0 Å². The lowest BCUT2D eigenvalue weighted by Gasteiger charge is -2.24. The summed E-state index contributed by atoms with van der Waals surface area (Å²) in [6, 6.07) is 5.94. The second kappa shape index (κ2) is 4.70. The fraction of sp³-hybridized carbons (Fsp3) is 0.400. The molecule has 2 aliphatic rings. The monoisotopic (exact) mass is 288 g/mol. The highest BCUT2D eigenvalue weighted by Crippen LogP contribution is 2.38. The molecule has 1 aliphatic heterocycles. The minimum absolute atomic E-state index is 0.763. The molecule has 1 N–H and O–H groups in total. The van der Waals surface area contributed by atoms with Gasteiger partial charge in [-0.15, -0.1) is 0 Å². The summed E-state index contributed by atoms with van der Waals surface area (Å²) in [6.45, 7) is 1.81. The van der Waals surface area contributed by atoms with Crippen molar-refractivity contribution < 1.29 is 0 Å². The zero-order valence-electron chi connectivity index (χ0n) is 11.2. The van der Waals surface area contributed by atoms with Gasteiger partial charge in [0.2, 0.25) is 0 Å². The van der Waals surface area contributed by atoms with Gasteiger partial charge in [-0.05, 0) is 37.0 Å². The molecular weight excluding hydrogens is 272 g/mol. The zero-order chi connectivity index (χ0) is 13.5. The van der Waals surface area contributed by atoms with Gasteiger partial charge in [0, 0.05) is 17.8 Å². The molecule has 0 atom stereocenters. The molecule has 5 heteroatoms. The first-order valence-electron chi connectivity index (χ1n) is 7.13. The van der Waals surface area contributed by atoms with Gasteiger partial charge >= 0.3 is 0 Å². The Balaban J connectivity index is 1.58. The highest BCUT2D eigenvalue weighted by atomic mass is 35.5. The van der Waals surface area contributed by atoms with E-state index >= 15 is 0 Å². The van der Waals surface area contributed by atoms with Crippen molar-refractivity contribution in [1.82, 2.24) is 9.78 Å². The molecule has 0 spiro atoms. The molecule has 0 saturated heterocycles. The molecule has 1 saturated carbocycles. The SMILES string of the molecule is Clc1ccc2c(c1)N(c1cnn(CC3CCC3)c1)CN2. The van der Waals surface area contributed by atoms with E-state index in [9.17, 15) is 0 Å². The molecule has 0 amide bonds. The van der Waals surface area contributed by atoms with E-state index in [1.807, 2.05) is 24.4 Å². The summed E-state index contributed by atoms with van der Waals surface area (Å²) in [5, 5.41) is 8.63. The minimum Gasteiger partial charge on any atom is -0.366 e. The van der Waals surface area contributed by atoms with E-state index in [0.717, 1.165) is 41.2 Å². The average Bonchev–Trinajstić information content (AvgIpc) is 2.99. The number of fused-ring (bicyclic) bond motifs is 1. The highest BCUT2D eigenvalue weighted by Gasteiger charge is 2.22. The molecule has 1 fully saturated rings. The van der Waals surface area contributed by atoms with Crippen molar-refractivity contribution in [2.75, 3.05) is 16.9 Å². The number of anilines is 3. The van der Waals surface area contributed by atoms with Gasteiger partial charge in [0.05, 0.1) is 29.9 Å². The molecule has 4 rings (SSSR count). The molecule has 1 aromatic carbocycles. The molecule has 1 aromatic heterocycles. The normalized spacial score (nSPS) is 17.8. The third kappa shape index (κ3) is 2.04. The first-order valence-corrected chi connectivity index (χ1v) is 7.51. The van der Waals surface area contributed by atoms with E-state index in [1.165, 1.54) is 19.3 Å². The summed E-state index contributed by atoms with van der Waals surface area (Å²) in [5.74, 6) is 0.821. The van der Waals surface area contributed by atoms with Crippen LogP contribution in [0.2, 0.25) is 5.02 Å². The largest absolute Gasteiger partial charge is 0.366 e. The van der Waals surface area contributed by atoms with Crippen molar-refractivity contribution in [3.05, 3.63) is 35.6 Å². The second-order valence-electron chi connectivity index (χ2n) is 5.64. The van der Waals surface area contributed by atoms with Crippen molar-refractivity contribution in [2.24, 2.45) is 5.92 Å². The van der Waals surface area contributed by atoms with Gasteiger partial charge in [-0.3, -0.25) is 4.68 Å². The van der Waals surface area contributed by atoms with Crippen LogP contribution in [0.15, 0.2) is 30.6 Å². The maximum absolute atomic E-state index is 6.10. The first kappa shape index (κ1) is 12.1. The van der Waals surface area contributed by atoms with E-state index in [0.29, 0.717) is 0 Å². The third-order valence-electron chi connectivity index (χ3n) is 4.28. The van der Waals surface area contributed by atoms with E-state index < -0.39 is 0 Å². The Bertz CT molecular complexity index is 633. The molecule has 2 aromatic rings. The van der Waals surface area contributed by atoms with Crippen LogP contribution in [0.3, 0.4) is 0 Å². The maximum Gasteiger partial charge on any atom is 0.0928 e. The summed E-state index contributed by atoms with van der Waals surface area (Å²) >= 11 is 6.10. The summed E-state index contributed by atoms with van der Waals surface area (Å²) in [7, 11) is 0. The van der Waals surface area contributed by atoms with Crippen molar-refractivity contribution >= 4 is 28.7 Å². The number of rotatable bonds is 3. The summed E-state index contributed by atoms with van der Waals surface area (Å²) in [4.78, 5) is 2.21. The van der Waals surface area contributed by atoms with Gasteiger partial charge in [0.25, 0.3) is 0 Å². The second-order valence-corrected chi connectivity index (χ2v) is 6.08. The van der Waals surface area contributed by atoms with Gasteiger partial charge < -0.3 is 10.2 Å². The average molecular weight is 289 g/mol. The third-order valence-corrected chi connectivity index (χ3v) is 4.51. The Kier molecular flexibility index (Phi) is 2.84. The summed E-state index contributed by atoms with van der Waals surface area (Å²) < 4.78 is 2.07. The fourth-order valence-electron chi connectivity index (χ4n) is 2.89. The van der Waals surface area contributed by atoms with Crippen molar-refractivity contribution in [3.8, 4) is 0 Å². The Labute approximate surface area is 123 Å². The first-order chi connectivity index (χ1) is 9.79. The molecule has 0 radical (unpaired) electrons. The van der Waals surface area contributed by atoms with Crippen molar-refractivity contribution in [2.45, 2.75) is 25.8 Å². The molecule has 20 heavy (non-hydrogen) atoms. The lowest BCUT2D eigenvalue weighted by atomic mass is 9.85. The number of aromatic nitrogens is 2. The summed E-state index contributed by atoms with van der Waals surface area (Å²) in [5.41, 5.74) is 3.37. The predicted molar refractivity (Wildman–Crippen MR) is 81.6 cm³/mol. The Morgan fingerprint density at radius 2 is 2.25 bits per heavy atom. The van der Waals surface area contributed by atoms with E-state index in [2.05, 4.69) is 26.2 Å². The molecule has 1 aliphatic carbocycles. The Morgan fingerprint density at radius 3 is 3.05 bits per heavy atom. The number of hydrogen-bond acceptors (Lipinski definition) is 3.